The van der Waals surface area contributed by atoms with Gasteiger partial charge in [0.15, 0.2) is 0 Å². The predicted molar refractivity (Wildman–Crippen MR) is 102 cm³/mol. The summed E-state index contributed by atoms with van der Waals surface area (Å²) in [5.74, 6) is -0.0799. The van der Waals surface area contributed by atoms with Gasteiger partial charge in [-0.1, -0.05) is 54.1 Å². The molecule has 0 atom stereocenters. The molecule has 25 heavy (non-hydrogen) atoms. The van der Waals surface area contributed by atoms with Gasteiger partial charge in [-0.25, -0.2) is 0 Å². The Hall–Kier alpha value is -2.10. The second-order valence-corrected chi connectivity index (χ2v) is 6.80. The van der Waals surface area contributed by atoms with Crippen molar-refractivity contribution in [1.29, 1.82) is 0 Å². The number of amides is 1. The van der Waals surface area contributed by atoms with Crippen LogP contribution in [0.2, 0.25) is 5.02 Å². The van der Waals surface area contributed by atoms with Crippen LogP contribution < -0.4 is 5.32 Å². The molecule has 0 aromatic heterocycles. The molecule has 0 unspecified atom stereocenters. The Labute approximate surface area is 153 Å². The third kappa shape index (κ3) is 4.71. The molecule has 2 aromatic rings. The lowest BCUT2D eigenvalue weighted by Crippen LogP contribution is -2.44. The maximum atomic E-state index is 12.2. The van der Waals surface area contributed by atoms with Crippen LogP contribution in [0.4, 0.5) is 0 Å². The number of hydrogen-bond donors (Lipinski definition) is 1. The number of nitrogens with one attached hydrogen (secondary N) is 1. The molecule has 1 saturated heterocycles. The summed E-state index contributed by atoms with van der Waals surface area (Å²) >= 11 is 6.02. The Morgan fingerprint density at radius 2 is 1.76 bits per heavy atom. The molecule has 1 heterocycles. The van der Waals surface area contributed by atoms with Crippen LogP contribution in [0.3, 0.4) is 0 Å². The Kier molecular flexibility index (Phi) is 5.90. The molecular formula is C21H22ClNO2. The highest BCUT2D eigenvalue weighted by Gasteiger charge is 2.34. The summed E-state index contributed by atoms with van der Waals surface area (Å²) in [6.45, 7) is 2.01. The van der Waals surface area contributed by atoms with Crippen LogP contribution in [0.25, 0.3) is 6.08 Å². The third-order valence-electron chi connectivity index (χ3n) is 4.73. The van der Waals surface area contributed by atoms with Gasteiger partial charge in [0.2, 0.25) is 5.91 Å². The van der Waals surface area contributed by atoms with Crippen LogP contribution in [-0.4, -0.2) is 25.7 Å². The van der Waals surface area contributed by atoms with Crippen LogP contribution in [-0.2, 0) is 14.9 Å². The summed E-state index contributed by atoms with van der Waals surface area (Å²) in [5, 5.41) is 3.79. The lowest BCUT2D eigenvalue weighted by molar-refractivity contribution is -0.116. The fourth-order valence-electron chi connectivity index (χ4n) is 3.18. The second kappa shape index (κ2) is 8.32. The van der Waals surface area contributed by atoms with E-state index in [2.05, 4.69) is 17.4 Å². The first-order chi connectivity index (χ1) is 12.2. The molecule has 0 bridgehead atoms. The average Bonchev–Trinajstić information content (AvgIpc) is 2.67. The van der Waals surface area contributed by atoms with Gasteiger partial charge in [-0.15, -0.1) is 0 Å². The first-order valence-corrected chi connectivity index (χ1v) is 8.91. The maximum absolute atomic E-state index is 12.2. The molecule has 130 valence electrons. The lowest BCUT2D eigenvalue weighted by Gasteiger charge is -2.37. The molecule has 1 fully saturated rings. The number of halogens is 1. The minimum atomic E-state index is -0.0981. The minimum Gasteiger partial charge on any atom is -0.381 e. The molecule has 1 N–H and O–H groups in total. The highest BCUT2D eigenvalue weighted by Crippen LogP contribution is 2.34. The number of rotatable bonds is 5. The topological polar surface area (TPSA) is 38.3 Å². The molecule has 0 aliphatic carbocycles. The van der Waals surface area contributed by atoms with Gasteiger partial charge in [-0.2, -0.15) is 0 Å². The summed E-state index contributed by atoms with van der Waals surface area (Å²) in [7, 11) is 0. The van der Waals surface area contributed by atoms with Gasteiger partial charge in [-0.3, -0.25) is 4.79 Å². The zero-order chi connectivity index (χ0) is 17.5. The molecular weight excluding hydrogens is 334 g/mol. The second-order valence-electron chi connectivity index (χ2n) is 6.36. The van der Waals surface area contributed by atoms with Gasteiger partial charge in [0.05, 0.1) is 0 Å². The molecule has 0 saturated carbocycles. The Morgan fingerprint density at radius 3 is 2.44 bits per heavy atom. The van der Waals surface area contributed by atoms with Crippen molar-refractivity contribution < 1.29 is 9.53 Å². The highest BCUT2D eigenvalue weighted by atomic mass is 35.5. The minimum absolute atomic E-state index is 0.0799. The molecule has 0 radical (unpaired) electrons. The van der Waals surface area contributed by atoms with Crippen molar-refractivity contribution in [2.45, 2.75) is 18.3 Å². The van der Waals surface area contributed by atoms with Gasteiger partial charge < -0.3 is 10.1 Å². The van der Waals surface area contributed by atoms with Crippen molar-refractivity contribution in [1.82, 2.24) is 5.32 Å². The van der Waals surface area contributed by atoms with Gasteiger partial charge in [0.1, 0.15) is 0 Å². The standard InChI is InChI=1S/C21H22ClNO2/c22-19-9-7-18(8-10-19)21(12-14-25-15-13-21)16-23-20(24)11-6-17-4-2-1-3-5-17/h1-11H,12-16H2,(H,23,24). The lowest BCUT2D eigenvalue weighted by atomic mass is 9.74. The van der Waals surface area contributed by atoms with Crippen molar-refractivity contribution >= 4 is 23.6 Å². The molecule has 1 aliphatic rings. The summed E-state index contributed by atoms with van der Waals surface area (Å²) in [6.07, 6.45) is 5.19. The number of benzene rings is 2. The Morgan fingerprint density at radius 1 is 1.08 bits per heavy atom. The van der Waals surface area contributed by atoms with E-state index in [1.807, 2.05) is 48.5 Å². The van der Waals surface area contributed by atoms with E-state index in [1.54, 1.807) is 6.08 Å². The molecule has 1 amide bonds. The fraction of sp³-hybridized carbons (Fsp3) is 0.286. The largest absolute Gasteiger partial charge is 0.381 e. The molecule has 2 aromatic carbocycles. The van der Waals surface area contributed by atoms with Crippen molar-refractivity contribution in [3.8, 4) is 0 Å². The molecule has 0 spiro atoms. The Balaban J connectivity index is 1.67. The van der Waals surface area contributed by atoms with Crippen LogP contribution in [0.15, 0.2) is 60.7 Å². The van der Waals surface area contributed by atoms with Crippen molar-refractivity contribution in [2.75, 3.05) is 19.8 Å². The summed E-state index contributed by atoms with van der Waals surface area (Å²) in [6, 6.07) is 17.7. The van der Waals surface area contributed by atoms with E-state index in [9.17, 15) is 4.79 Å². The Bertz CT molecular complexity index is 719. The van der Waals surface area contributed by atoms with Crippen LogP contribution in [0.1, 0.15) is 24.0 Å². The maximum Gasteiger partial charge on any atom is 0.244 e. The van der Waals surface area contributed by atoms with Crippen molar-refractivity contribution in [2.24, 2.45) is 0 Å². The molecule has 1 aliphatic heterocycles. The zero-order valence-corrected chi connectivity index (χ0v) is 14.8. The molecule has 3 nitrogen and oxygen atoms in total. The van der Waals surface area contributed by atoms with Crippen LogP contribution in [0.5, 0.6) is 0 Å². The van der Waals surface area contributed by atoms with E-state index in [0.29, 0.717) is 19.8 Å². The van der Waals surface area contributed by atoms with E-state index in [4.69, 9.17) is 16.3 Å². The van der Waals surface area contributed by atoms with Gasteiger partial charge in [-0.05, 0) is 42.2 Å². The first-order valence-electron chi connectivity index (χ1n) is 8.53. The predicted octanol–water partition coefficient (Wildman–Crippen LogP) is 4.22. The molecule has 4 heteroatoms. The summed E-state index contributed by atoms with van der Waals surface area (Å²) < 4.78 is 5.53. The monoisotopic (exact) mass is 355 g/mol. The summed E-state index contributed by atoms with van der Waals surface area (Å²) in [4.78, 5) is 12.2. The van der Waals surface area contributed by atoms with E-state index >= 15 is 0 Å². The van der Waals surface area contributed by atoms with E-state index < -0.39 is 0 Å². The van der Waals surface area contributed by atoms with Crippen molar-refractivity contribution in [3.05, 3.63) is 76.8 Å². The molecule has 3 rings (SSSR count). The number of carbonyl (C=O) groups excluding carboxylic acids is 1. The SMILES string of the molecule is O=C(C=Cc1ccccc1)NCC1(c2ccc(Cl)cc2)CCOCC1. The highest BCUT2D eigenvalue weighted by molar-refractivity contribution is 6.30. The fourth-order valence-corrected chi connectivity index (χ4v) is 3.31. The third-order valence-corrected chi connectivity index (χ3v) is 4.99. The quantitative estimate of drug-likeness (QED) is 0.815. The average molecular weight is 356 g/mol. The van der Waals surface area contributed by atoms with E-state index in [0.717, 1.165) is 23.4 Å². The normalized spacial score (nSPS) is 16.7. The van der Waals surface area contributed by atoms with Gasteiger partial charge in [0, 0.05) is 36.3 Å². The summed E-state index contributed by atoms with van der Waals surface area (Å²) in [5.41, 5.74) is 2.11. The zero-order valence-electron chi connectivity index (χ0n) is 14.1. The number of hydrogen-bond acceptors (Lipinski definition) is 2. The van der Waals surface area contributed by atoms with Crippen LogP contribution >= 0.6 is 11.6 Å². The first kappa shape index (κ1) is 17.7. The van der Waals surface area contributed by atoms with Crippen molar-refractivity contribution in [3.63, 3.8) is 0 Å². The smallest absolute Gasteiger partial charge is 0.244 e. The van der Waals surface area contributed by atoms with Gasteiger partial charge in [0.25, 0.3) is 0 Å². The number of carbonyl (C=O) groups is 1. The van der Waals surface area contributed by atoms with E-state index in [-0.39, 0.29) is 11.3 Å². The van der Waals surface area contributed by atoms with Gasteiger partial charge >= 0.3 is 0 Å². The van der Waals surface area contributed by atoms with Crippen LogP contribution in [0, 0.1) is 0 Å². The number of ether oxygens (including phenoxy) is 1. The van der Waals surface area contributed by atoms with E-state index in [1.165, 1.54) is 5.56 Å².